The molecule has 0 atom stereocenters. The Morgan fingerprint density at radius 3 is 2.83 bits per heavy atom. The molecule has 0 fully saturated rings. The third-order valence-electron chi connectivity index (χ3n) is 2.69. The first-order valence-electron chi connectivity index (χ1n) is 6.35. The molecule has 0 radical (unpaired) electrons. The van der Waals surface area contributed by atoms with Crippen LogP contribution in [0, 0.1) is 0 Å². The third-order valence-corrected chi connectivity index (χ3v) is 2.69. The van der Waals surface area contributed by atoms with Crippen molar-refractivity contribution in [2.45, 2.75) is 32.6 Å². The molecule has 0 aromatic carbocycles. The fourth-order valence-electron chi connectivity index (χ4n) is 1.61. The largest absolute Gasteiger partial charge is 0.338 e. The first kappa shape index (κ1) is 14.3. The summed E-state index contributed by atoms with van der Waals surface area (Å²) in [5.74, 6) is 0. The van der Waals surface area contributed by atoms with Crippen molar-refractivity contribution in [3.8, 4) is 0 Å². The summed E-state index contributed by atoms with van der Waals surface area (Å²) in [6.45, 7) is 2.78. The Bertz CT molecular complexity index is 440. The van der Waals surface area contributed by atoms with Crippen molar-refractivity contribution in [2.24, 2.45) is 7.05 Å². The molecule has 1 heterocycles. The number of amides is 2. The molecule has 5 heteroatoms. The van der Waals surface area contributed by atoms with E-state index in [1.807, 2.05) is 0 Å². The van der Waals surface area contributed by atoms with E-state index in [1.165, 1.54) is 17.4 Å². The van der Waals surface area contributed by atoms with Crippen molar-refractivity contribution in [1.29, 1.82) is 0 Å². The number of unbranched alkanes of at least 4 members (excludes halogenated alkanes) is 3. The summed E-state index contributed by atoms with van der Waals surface area (Å²) >= 11 is 0. The highest BCUT2D eigenvalue weighted by Crippen LogP contribution is 1.99. The van der Waals surface area contributed by atoms with Gasteiger partial charge in [0.15, 0.2) is 0 Å². The zero-order valence-electron chi connectivity index (χ0n) is 11.0. The molecular formula is C13H21N3O2. The van der Waals surface area contributed by atoms with E-state index in [1.54, 1.807) is 25.4 Å². The molecule has 1 aromatic heterocycles. The van der Waals surface area contributed by atoms with Crippen LogP contribution in [-0.2, 0) is 7.05 Å². The van der Waals surface area contributed by atoms with Crippen LogP contribution < -0.4 is 16.2 Å². The molecule has 1 rings (SSSR count). The van der Waals surface area contributed by atoms with Crippen LogP contribution in [0.3, 0.4) is 0 Å². The molecule has 0 aliphatic heterocycles. The lowest BCUT2D eigenvalue weighted by Crippen LogP contribution is -2.32. The van der Waals surface area contributed by atoms with Gasteiger partial charge in [0.2, 0.25) is 0 Å². The molecule has 100 valence electrons. The highest BCUT2D eigenvalue weighted by molar-refractivity contribution is 5.88. The monoisotopic (exact) mass is 251 g/mol. The van der Waals surface area contributed by atoms with Crippen LogP contribution in [0.4, 0.5) is 10.5 Å². The number of nitrogens with zero attached hydrogens (tertiary/aromatic N) is 1. The van der Waals surface area contributed by atoms with Gasteiger partial charge in [-0.15, -0.1) is 0 Å². The number of pyridine rings is 1. The van der Waals surface area contributed by atoms with Crippen LogP contribution in [0.15, 0.2) is 23.1 Å². The van der Waals surface area contributed by atoms with Gasteiger partial charge >= 0.3 is 6.03 Å². The summed E-state index contributed by atoms with van der Waals surface area (Å²) in [6.07, 6.45) is 6.09. The van der Waals surface area contributed by atoms with Crippen molar-refractivity contribution in [2.75, 3.05) is 11.9 Å². The maximum Gasteiger partial charge on any atom is 0.319 e. The van der Waals surface area contributed by atoms with Gasteiger partial charge in [0.1, 0.15) is 5.69 Å². The summed E-state index contributed by atoms with van der Waals surface area (Å²) < 4.78 is 1.43. The summed E-state index contributed by atoms with van der Waals surface area (Å²) in [6, 6.07) is 2.99. The lowest BCUT2D eigenvalue weighted by atomic mass is 10.2. The average Bonchev–Trinajstić information content (AvgIpc) is 2.35. The van der Waals surface area contributed by atoms with E-state index in [-0.39, 0.29) is 11.6 Å². The van der Waals surface area contributed by atoms with Gasteiger partial charge < -0.3 is 15.2 Å². The standard InChI is InChI=1S/C13H21N3O2/c1-3-4-5-6-9-14-13(18)15-11-8-7-10-16(2)12(11)17/h7-8,10H,3-6,9H2,1-2H3,(H2,14,15,18). The summed E-state index contributed by atoms with van der Waals surface area (Å²) in [5, 5.41) is 5.30. The molecule has 0 saturated heterocycles. The second-order valence-electron chi connectivity index (χ2n) is 4.28. The van der Waals surface area contributed by atoms with E-state index in [4.69, 9.17) is 0 Å². The highest BCUT2D eigenvalue weighted by atomic mass is 16.2. The predicted molar refractivity (Wildman–Crippen MR) is 72.8 cm³/mol. The first-order chi connectivity index (χ1) is 8.65. The van der Waals surface area contributed by atoms with Gasteiger partial charge in [-0.2, -0.15) is 0 Å². The average molecular weight is 251 g/mol. The van der Waals surface area contributed by atoms with E-state index in [9.17, 15) is 9.59 Å². The number of urea groups is 1. The normalized spacial score (nSPS) is 10.1. The Morgan fingerprint density at radius 2 is 2.11 bits per heavy atom. The minimum atomic E-state index is -0.324. The Labute approximate surface area is 107 Å². The lowest BCUT2D eigenvalue weighted by molar-refractivity contribution is 0.252. The SMILES string of the molecule is CCCCCCNC(=O)Nc1cccn(C)c1=O. The molecule has 0 bridgehead atoms. The summed E-state index contributed by atoms with van der Waals surface area (Å²) in [5.41, 5.74) is 0.0877. The number of hydrogen-bond acceptors (Lipinski definition) is 2. The van der Waals surface area contributed by atoms with Crippen molar-refractivity contribution in [1.82, 2.24) is 9.88 Å². The van der Waals surface area contributed by atoms with E-state index in [0.29, 0.717) is 12.2 Å². The highest BCUT2D eigenvalue weighted by Gasteiger charge is 2.04. The second-order valence-corrected chi connectivity index (χ2v) is 4.28. The fourth-order valence-corrected chi connectivity index (χ4v) is 1.61. The maximum atomic E-state index is 11.6. The second kappa shape index (κ2) is 7.53. The van der Waals surface area contributed by atoms with E-state index < -0.39 is 0 Å². The smallest absolute Gasteiger partial charge is 0.319 e. The van der Waals surface area contributed by atoms with Gasteiger partial charge in [-0.05, 0) is 18.6 Å². The van der Waals surface area contributed by atoms with Gasteiger partial charge in [0, 0.05) is 19.8 Å². The molecular weight excluding hydrogens is 230 g/mol. The Hall–Kier alpha value is -1.78. The number of carbonyl (C=O) groups is 1. The molecule has 0 saturated carbocycles. The number of anilines is 1. The molecule has 18 heavy (non-hydrogen) atoms. The van der Waals surface area contributed by atoms with E-state index >= 15 is 0 Å². The van der Waals surface area contributed by atoms with Crippen molar-refractivity contribution in [3.05, 3.63) is 28.7 Å². The molecule has 0 aliphatic rings. The number of rotatable bonds is 6. The zero-order chi connectivity index (χ0) is 13.4. The quantitative estimate of drug-likeness (QED) is 0.760. The van der Waals surface area contributed by atoms with Gasteiger partial charge in [-0.25, -0.2) is 4.79 Å². The van der Waals surface area contributed by atoms with Crippen LogP contribution in [0.5, 0.6) is 0 Å². The molecule has 2 amide bonds. The molecule has 1 aromatic rings. The van der Waals surface area contributed by atoms with E-state index in [2.05, 4.69) is 17.6 Å². The van der Waals surface area contributed by atoms with Crippen molar-refractivity contribution < 1.29 is 4.79 Å². The summed E-state index contributed by atoms with van der Waals surface area (Å²) in [4.78, 5) is 23.2. The first-order valence-corrected chi connectivity index (χ1v) is 6.35. The number of aromatic nitrogens is 1. The number of aryl methyl sites for hydroxylation is 1. The molecule has 5 nitrogen and oxygen atoms in total. The fraction of sp³-hybridized carbons (Fsp3) is 0.538. The minimum absolute atomic E-state index is 0.210. The molecule has 0 aliphatic carbocycles. The number of carbonyl (C=O) groups excluding carboxylic acids is 1. The van der Waals surface area contributed by atoms with Crippen LogP contribution in [0.25, 0.3) is 0 Å². The molecule has 0 unspecified atom stereocenters. The van der Waals surface area contributed by atoms with E-state index in [0.717, 1.165) is 12.8 Å². The zero-order valence-corrected chi connectivity index (χ0v) is 11.0. The van der Waals surface area contributed by atoms with Crippen LogP contribution in [0.1, 0.15) is 32.6 Å². The number of nitrogens with one attached hydrogen (secondary N) is 2. The Morgan fingerprint density at radius 1 is 1.33 bits per heavy atom. The van der Waals surface area contributed by atoms with Crippen molar-refractivity contribution in [3.63, 3.8) is 0 Å². The Balaban J connectivity index is 2.36. The van der Waals surface area contributed by atoms with Gasteiger partial charge in [0.05, 0.1) is 0 Å². The van der Waals surface area contributed by atoms with Gasteiger partial charge in [-0.1, -0.05) is 26.2 Å². The maximum absolute atomic E-state index is 11.6. The predicted octanol–water partition coefficient (Wildman–Crippen LogP) is 2.09. The Kier molecular flexibility index (Phi) is 5.97. The third kappa shape index (κ3) is 4.61. The lowest BCUT2D eigenvalue weighted by Gasteiger charge is -2.07. The minimum Gasteiger partial charge on any atom is -0.338 e. The topological polar surface area (TPSA) is 63.1 Å². The number of hydrogen-bond donors (Lipinski definition) is 2. The van der Waals surface area contributed by atoms with Gasteiger partial charge in [0.25, 0.3) is 5.56 Å². The van der Waals surface area contributed by atoms with Crippen molar-refractivity contribution >= 4 is 11.7 Å². The van der Waals surface area contributed by atoms with Crippen LogP contribution in [0.2, 0.25) is 0 Å². The molecule has 0 spiro atoms. The summed E-state index contributed by atoms with van der Waals surface area (Å²) in [7, 11) is 1.65. The molecule has 2 N–H and O–H groups in total. The van der Waals surface area contributed by atoms with Gasteiger partial charge in [-0.3, -0.25) is 4.79 Å². The van der Waals surface area contributed by atoms with Crippen LogP contribution >= 0.6 is 0 Å². The van der Waals surface area contributed by atoms with Crippen LogP contribution in [-0.4, -0.2) is 17.1 Å².